The van der Waals surface area contributed by atoms with E-state index in [1.165, 1.54) is 52.4 Å². The first-order chi connectivity index (χ1) is 20.3. The molecule has 6 nitrogen and oxygen atoms in total. The third kappa shape index (κ3) is 6.46. The van der Waals surface area contributed by atoms with Crippen LogP contribution in [-0.2, 0) is 32.1 Å². The maximum Gasteiger partial charge on any atom is 0.416 e. The van der Waals surface area contributed by atoms with Gasteiger partial charge in [0.2, 0.25) is 5.91 Å². The number of aliphatic imine (C=N–C) groups is 1. The lowest BCUT2D eigenvalue weighted by molar-refractivity contribution is -0.144. The van der Waals surface area contributed by atoms with Gasteiger partial charge in [0.05, 0.1) is 46.9 Å². The molecule has 2 aromatic carbocycles. The van der Waals surface area contributed by atoms with Crippen molar-refractivity contribution in [3.8, 4) is 11.1 Å². The number of carbonyl (C=O) groups is 2. The van der Waals surface area contributed by atoms with Crippen LogP contribution in [0.3, 0.4) is 0 Å². The quantitative estimate of drug-likeness (QED) is 0.214. The first-order valence-electron chi connectivity index (χ1n) is 13.3. The second-order valence-electron chi connectivity index (χ2n) is 11.0. The lowest BCUT2D eigenvalue weighted by Gasteiger charge is -2.32. The summed E-state index contributed by atoms with van der Waals surface area (Å²) in [6.45, 7) is 4.09. The van der Waals surface area contributed by atoms with Crippen LogP contribution in [-0.4, -0.2) is 42.8 Å². The fourth-order valence-corrected chi connectivity index (χ4v) is 5.08. The number of likely N-dealkylation sites (N-methyl/N-ethyl adjacent to an activating group) is 1. The van der Waals surface area contributed by atoms with E-state index in [0.29, 0.717) is 53.1 Å². The number of anilines is 1. The fourth-order valence-electron chi connectivity index (χ4n) is 5.08. The van der Waals surface area contributed by atoms with E-state index in [0.717, 1.165) is 4.90 Å². The average Bonchev–Trinajstić information content (AvgIpc) is 3.45. The number of benzene rings is 2. The predicted molar refractivity (Wildman–Crippen MR) is 149 cm³/mol. The Morgan fingerprint density at radius 2 is 1.50 bits per heavy atom. The number of aryl methyl sites for hydroxylation is 1. The minimum Gasteiger partial charge on any atom is -0.467 e. The highest BCUT2D eigenvalue weighted by Gasteiger charge is 2.41. The lowest BCUT2D eigenvalue weighted by Crippen LogP contribution is -2.42. The normalized spacial score (nSPS) is 15.6. The number of amides is 1. The third-order valence-electron chi connectivity index (χ3n) is 7.61. The Bertz CT molecular complexity index is 1610. The van der Waals surface area contributed by atoms with Crippen LogP contribution in [0.25, 0.3) is 11.1 Å². The topological polar surface area (TPSA) is 71.9 Å². The SMILES string of the molecule is COC(=O)C1CCC(c2cc(-c3ccc(F)cc3C)c(N(C)C(=O)C(C)(C)c3cc(C(F)(F)F)cc(C(F)(F)F)c3)cn2)=N1. The van der Waals surface area contributed by atoms with Gasteiger partial charge in [-0.05, 0) is 86.7 Å². The number of hydrogen-bond donors (Lipinski definition) is 0. The second kappa shape index (κ2) is 11.7. The Labute approximate surface area is 248 Å². The van der Waals surface area contributed by atoms with Crippen molar-refractivity contribution in [2.45, 2.75) is 57.4 Å². The van der Waals surface area contributed by atoms with Gasteiger partial charge < -0.3 is 9.64 Å². The molecule has 1 aliphatic heterocycles. The van der Waals surface area contributed by atoms with Crippen LogP contribution in [0, 0.1) is 12.7 Å². The molecule has 4 rings (SSSR count). The largest absolute Gasteiger partial charge is 0.467 e. The van der Waals surface area contributed by atoms with Crippen molar-refractivity contribution < 1.29 is 45.1 Å². The van der Waals surface area contributed by atoms with E-state index in [-0.39, 0.29) is 11.8 Å². The summed E-state index contributed by atoms with van der Waals surface area (Å²) in [7, 11) is 2.57. The van der Waals surface area contributed by atoms with Gasteiger partial charge in [-0.15, -0.1) is 0 Å². The molecule has 1 aromatic heterocycles. The van der Waals surface area contributed by atoms with Crippen molar-refractivity contribution >= 4 is 23.3 Å². The highest BCUT2D eigenvalue weighted by Crippen LogP contribution is 2.41. The van der Waals surface area contributed by atoms with Crippen molar-refractivity contribution in [3.63, 3.8) is 0 Å². The second-order valence-corrected chi connectivity index (χ2v) is 11.0. The van der Waals surface area contributed by atoms with E-state index < -0.39 is 58.2 Å². The number of halogens is 7. The monoisotopic (exact) mass is 623 g/mol. The standard InChI is InChI=1S/C31H28F7N3O3/c1-16-10-20(32)6-7-21(16)22-14-25(23-8-9-24(40-23)27(42)44-5)39-15-26(22)41(4)28(43)29(2,3)17-11-18(30(33,34)35)13-19(12-17)31(36,37)38/h6-7,10-15,24H,8-9H2,1-5H3. The first kappa shape index (κ1) is 32.6. The summed E-state index contributed by atoms with van der Waals surface area (Å²) in [5.74, 6) is -1.86. The molecule has 44 heavy (non-hydrogen) atoms. The molecule has 1 amide bonds. The number of alkyl halides is 6. The molecule has 0 spiro atoms. The number of aromatic nitrogens is 1. The molecular formula is C31H28F7N3O3. The van der Waals surface area contributed by atoms with Crippen molar-refractivity contribution in [2.24, 2.45) is 4.99 Å². The van der Waals surface area contributed by atoms with Crippen LogP contribution in [0.1, 0.15) is 54.6 Å². The number of carbonyl (C=O) groups excluding carboxylic acids is 2. The molecule has 13 heteroatoms. The molecule has 1 aliphatic rings. The van der Waals surface area contributed by atoms with Crippen LogP contribution in [0.5, 0.6) is 0 Å². The van der Waals surface area contributed by atoms with Crippen LogP contribution in [0.4, 0.5) is 36.4 Å². The van der Waals surface area contributed by atoms with E-state index in [4.69, 9.17) is 4.74 Å². The van der Waals surface area contributed by atoms with Crippen LogP contribution < -0.4 is 4.90 Å². The molecular weight excluding hydrogens is 595 g/mol. The van der Waals surface area contributed by atoms with Gasteiger partial charge in [0, 0.05) is 12.6 Å². The molecule has 3 aromatic rings. The summed E-state index contributed by atoms with van der Waals surface area (Å²) in [5.41, 5.74) is -3.07. The zero-order valence-electron chi connectivity index (χ0n) is 24.3. The predicted octanol–water partition coefficient (Wildman–Crippen LogP) is 7.30. The highest BCUT2D eigenvalue weighted by atomic mass is 19.4. The number of hydrogen-bond acceptors (Lipinski definition) is 5. The average molecular weight is 624 g/mol. The van der Waals surface area contributed by atoms with Gasteiger partial charge in [0.15, 0.2) is 0 Å². The summed E-state index contributed by atoms with van der Waals surface area (Å²) in [5, 5.41) is 0. The molecule has 1 atom stereocenters. The van der Waals surface area contributed by atoms with E-state index >= 15 is 0 Å². The Morgan fingerprint density at radius 3 is 2.05 bits per heavy atom. The molecule has 0 fully saturated rings. The smallest absolute Gasteiger partial charge is 0.416 e. The lowest BCUT2D eigenvalue weighted by atomic mass is 9.81. The molecule has 0 saturated carbocycles. The number of esters is 1. The molecule has 1 unspecified atom stereocenters. The number of rotatable bonds is 6. The van der Waals surface area contributed by atoms with Crippen LogP contribution >= 0.6 is 0 Å². The van der Waals surface area contributed by atoms with Crippen molar-refractivity contribution in [2.75, 3.05) is 19.1 Å². The van der Waals surface area contributed by atoms with Gasteiger partial charge in [-0.25, -0.2) is 9.18 Å². The summed E-state index contributed by atoms with van der Waals surface area (Å²) in [6, 6.07) is 5.90. The number of ether oxygens (including phenoxy) is 1. The van der Waals surface area contributed by atoms with Gasteiger partial charge >= 0.3 is 18.3 Å². The van der Waals surface area contributed by atoms with E-state index in [2.05, 4.69) is 9.98 Å². The number of nitrogens with zero attached hydrogens (tertiary/aromatic N) is 3. The molecule has 0 bridgehead atoms. The Balaban J connectivity index is 1.83. The van der Waals surface area contributed by atoms with Crippen molar-refractivity contribution in [1.82, 2.24) is 4.98 Å². The van der Waals surface area contributed by atoms with E-state index in [9.17, 15) is 40.3 Å². The zero-order chi connectivity index (χ0) is 32.8. The van der Waals surface area contributed by atoms with Crippen molar-refractivity contribution in [1.29, 1.82) is 0 Å². The fraction of sp³-hybridized carbons (Fsp3) is 0.355. The maximum atomic E-state index is 14.0. The summed E-state index contributed by atoms with van der Waals surface area (Å²) < 4.78 is 100. The molecule has 0 saturated heterocycles. The third-order valence-corrected chi connectivity index (χ3v) is 7.61. The van der Waals surface area contributed by atoms with Gasteiger partial charge in [-0.3, -0.25) is 14.8 Å². The highest BCUT2D eigenvalue weighted by molar-refractivity contribution is 6.06. The zero-order valence-corrected chi connectivity index (χ0v) is 24.3. The summed E-state index contributed by atoms with van der Waals surface area (Å²) in [4.78, 5) is 35.8. The van der Waals surface area contributed by atoms with Gasteiger partial charge in [0.25, 0.3) is 0 Å². The van der Waals surface area contributed by atoms with Gasteiger partial charge in [-0.1, -0.05) is 6.07 Å². The Hall–Kier alpha value is -4.29. The Kier molecular flexibility index (Phi) is 8.64. The Morgan fingerprint density at radius 1 is 0.909 bits per heavy atom. The summed E-state index contributed by atoms with van der Waals surface area (Å²) >= 11 is 0. The minimum absolute atomic E-state index is 0.00231. The number of methoxy groups -OCH3 is 1. The van der Waals surface area contributed by atoms with Gasteiger partial charge in [-0.2, -0.15) is 26.3 Å². The molecule has 2 heterocycles. The van der Waals surface area contributed by atoms with Crippen LogP contribution in [0.2, 0.25) is 0 Å². The van der Waals surface area contributed by atoms with Crippen molar-refractivity contribution in [3.05, 3.63) is 82.4 Å². The maximum absolute atomic E-state index is 14.0. The molecule has 0 N–H and O–H groups in total. The van der Waals surface area contributed by atoms with E-state index in [1.807, 2.05) is 0 Å². The minimum atomic E-state index is -5.09. The first-order valence-corrected chi connectivity index (χ1v) is 13.3. The van der Waals surface area contributed by atoms with E-state index in [1.54, 1.807) is 13.0 Å². The van der Waals surface area contributed by atoms with Crippen LogP contribution in [0.15, 0.2) is 53.7 Å². The molecule has 0 radical (unpaired) electrons. The van der Waals surface area contributed by atoms with Gasteiger partial charge in [0.1, 0.15) is 11.9 Å². The number of pyridine rings is 1. The molecule has 0 aliphatic carbocycles. The molecule has 234 valence electrons. The summed E-state index contributed by atoms with van der Waals surface area (Å²) in [6.07, 6.45) is -8.08.